The first-order chi connectivity index (χ1) is 8.85. The lowest BCUT2D eigenvalue weighted by molar-refractivity contribution is -0.126. The van der Waals surface area contributed by atoms with E-state index in [9.17, 15) is 13.2 Å². The first kappa shape index (κ1) is 16.7. The SMILES string of the molecule is CC(C)(N)C(C)(C)C(=O)Nc1cccc(S(C)(=O)=O)c1. The number of amides is 1. The smallest absolute Gasteiger partial charge is 0.231 e. The molecule has 1 amide bonds. The van der Waals surface area contributed by atoms with E-state index < -0.39 is 20.8 Å². The fourth-order valence-electron chi connectivity index (χ4n) is 1.38. The van der Waals surface area contributed by atoms with Crippen molar-refractivity contribution in [3.63, 3.8) is 0 Å². The van der Waals surface area contributed by atoms with Gasteiger partial charge in [-0.2, -0.15) is 0 Å². The van der Waals surface area contributed by atoms with Gasteiger partial charge in [-0.1, -0.05) is 6.07 Å². The van der Waals surface area contributed by atoms with Crippen molar-refractivity contribution >= 4 is 21.4 Å². The normalized spacial score (nSPS) is 13.1. The third kappa shape index (κ3) is 3.58. The molecule has 6 heteroatoms. The van der Waals surface area contributed by atoms with Crippen LogP contribution in [0, 0.1) is 5.41 Å². The zero-order chi connectivity index (χ0) is 15.8. The zero-order valence-electron chi connectivity index (χ0n) is 12.5. The number of hydrogen-bond donors (Lipinski definition) is 2. The number of rotatable bonds is 4. The number of hydrogen-bond acceptors (Lipinski definition) is 4. The van der Waals surface area contributed by atoms with Crippen LogP contribution in [0.15, 0.2) is 29.2 Å². The lowest BCUT2D eigenvalue weighted by atomic mass is 9.74. The van der Waals surface area contributed by atoms with Crippen molar-refractivity contribution in [3.8, 4) is 0 Å². The van der Waals surface area contributed by atoms with E-state index in [1.807, 2.05) is 0 Å². The van der Waals surface area contributed by atoms with Crippen LogP contribution in [0.25, 0.3) is 0 Å². The number of carbonyl (C=O) groups excluding carboxylic acids is 1. The van der Waals surface area contributed by atoms with E-state index in [2.05, 4.69) is 5.32 Å². The van der Waals surface area contributed by atoms with Crippen molar-refractivity contribution in [1.82, 2.24) is 0 Å². The van der Waals surface area contributed by atoms with Crippen LogP contribution in [-0.4, -0.2) is 26.1 Å². The summed E-state index contributed by atoms with van der Waals surface area (Å²) in [5.41, 5.74) is 4.95. The average molecular weight is 298 g/mol. The molecule has 0 heterocycles. The predicted molar refractivity (Wildman–Crippen MR) is 80.2 cm³/mol. The van der Waals surface area contributed by atoms with E-state index in [1.165, 1.54) is 12.1 Å². The van der Waals surface area contributed by atoms with Crippen LogP contribution in [0.5, 0.6) is 0 Å². The first-order valence-corrected chi connectivity index (χ1v) is 8.15. The molecule has 0 saturated carbocycles. The minimum Gasteiger partial charge on any atom is -0.326 e. The molecule has 20 heavy (non-hydrogen) atoms. The maximum absolute atomic E-state index is 12.3. The Morgan fingerprint density at radius 1 is 1.20 bits per heavy atom. The van der Waals surface area contributed by atoms with Crippen LogP contribution < -0.4 is 11.1 Å². The number of sulfone groups is 1. The van der Waals surface area contributed by atoms with Crippen molar-refractivity contribution in [2.45, 2.75) is 38.1 Å². The van der Waals surface area contributed by atoms with E-state index in [0.717, 1.165) is 6.26 Å². The van der Waals surface area contributed by atoms with Crippen LogP contribution in [0.1, 0.15) is 27.7 Å². The highest BCUT2D eigenvalue weighted by Gasteiger charge is 2.40. The summed E-state index contributed by atoms with van der Waals surface area (Å²) in [5.74, 6) is -0.254. The highest BCUT2D eigenvalue weighted by molar-refractivity contribution is 7.90. The second-order valence-electron chi connectivity index (χ2n) is 6.10. The largest absolute Gasteiger partial charge is 0.326 e. The van der Waals surface area contributed by atoms with Gasteiger partial charge in [-0.3, -0.25) is 4.79 Å². The zero-order valence-corrected chi connectivity index (χ0v) is 13.3. The molecule has 0 aromatic heterocycles. The van der Waals surface area contributed by atoms with Crippen LogP contribution in [0.3, 0.4) is 0 Å². The summed E-state index contributed by atoms with van der Waals surface area (Å²) in [6.45, 7) is 7.06. The number of nitrogens with one attached hydrogen (secondary N) is 1. The summed E-state index contributed by atoms with van der Waals surface area (Å²) in [5, 5.41) is 2.72. The van der Waals surface area contributed by atoms with Crippen molar-refractivity contribution in [3.05, 3.63) is 24.3 Å². The molecule has 0 aliphatic heterocycles. The van der Waals surface area contributed by atoms with Gasteiger partial charge >= 0.3 is 0 Å². The van der Waals surface area contributed by atoms with E-state index in [-0.39, 0.29) is 10.8 Å². The lowest BCUT2D eigenvalue weighted by Gasteiger charge is -2.36. The average Bonchev–Trinajstić information content (AvgIpc) is 2.26. The van der Waals surface area contributed by atoms with Crippen LogP contribution in [-0.2, 0) is 14.6 Å². The quantitative estimate of drug-likeness (QED) is 0.887. The second-order valence-corrected chi connectivity index (χ2v) is 8.12. The molecule has 0 spiro atoms. The molecule has 0 saturated heterocycles. The minimum absolute atomic E-state index is 0.167. The Morgan fingerprint density at radius 2 is 1.75 bits per heavy atom. The van der Waals surface area contributed by atoms with Crippen molar-refractivity contribution in [1.29, 1.82) is 0 Å². The van der Waals surface area contributed by atoms with Gasteiger partial charge in [0, 0.05) is 17.5 Å². The topological polar surface area (TPSA) is 89.3 Å². The maximum atomic E-state index is 12.3. The van der Waals surface area contributed by atoms with E-state index in [1.54, 1.807) is 39.8 Å². The molecule has 0 aliphatic carbocycles. The monoisotopic (exact) mass is 298 g/mol. The van der Waals surface area contributed by atoms with Crippen LogP contribution in [0.4, 0.5) is 5.69 Å². The summed E-state index contributed by atoms with van der Waals surface area (Å²) in [6.07, 6.45) is 1.13. The third-order valence-electron chi connectivity index (χ3n) is 3.70. The molecule has 5 nitrogen and oxygen atoms in total. The molecule has 3 N–H and O–H groups in total. The van der Waals surface area contributed by atoms with E-state index in [4.69, 9.17) is 5.73 Å². The van der Waals surface area contributed by atoms with Crippen molar-refractivity contribution in [2.24, 2.45) is 11.1 Å². The number of nitrogens with two attached hydrogens (primary N) is 1. The van der Waals surface area contributed by atoms with Gasteiger partial charge < -0.3 is 11.1 Å². The Labute approximate surface area is 120 Å². The molecule has 0 bridgehead atoms. The highest BCUT2D eigenvalue weighted by Crippen LogP contribution is 2.30. The van der Waals surface area contributed by atoms with Crippen molar-refractivity contribution in [2.75, 3.05) is 11.6 Å². The van der Waals surface area contributed by atoms with Gasteiger partial charge in [0.05, 0.1) is 10.3 Å². The predicted octanol–water partition coefficient (Wildman–Crippen LogP) is 1.79. The fraction of sp³-hybridized carbons (Fsp3) is 0.500. The Bertz CT molecular complexity index is 614. The van der Waals surface area contributed by atoms with Gasteiger partial charge in [0.1, 0.15) is 0 Å². The van der Waals surface area contributed by atoms with E-state index >= 15 is 0 Å². The summed E-state index contributed by atoms with van der Waals surface area (Å²) in [7, 11) is -3.30. The standard InChI is InChI=1S/C14H22N2O3S/c1-13(2,14(3,4)15)12(17)16-10-7-6-8-11(9-10)20(5,18)19/h6-9H,15H2,1-5H3,(H,16,17). The fourth-order valence-corrected chi connectivity index (χ4v) is 2.05. The van der Waals surface area contributed by atoms with Gasteiger partial charge in [-0.05, 0) is 45.9 Å². The second kappa shape index (κ2) is 5.18. The number of anilines is 1. The Morgan fingerprint density at radius 3 is 2.20 bits per heavy atom. The summed E-state index contributed by atoms with van der Waals surface area (Å²) >= 11 is 0. The van der Waals surface area contributed by atoms with Crippen molar-refractivity contribution < 1.29 is 13.2 Å². The van der Waals surface area contributed by atoms with Gasteiger partial charge in [-0.15, -0.1) is 0 Å². The molecule has 112 valence electrons. The Kier molecular flexibility index (Phi) is 4.31. The molecule has 1 aromatic carbocycles. The lowest BCUT2D eigenvalue weighted by Crippen LogP contribution is -2.53. The number of carbonyl (C=O) groups is 1. The van der Waals surface area contributed by atoms with Crippen LogP contribution >= 0.6 is 0 Å². The molecule has 1 rings (SSSR count). The molecule has 0 aliphatic rings. The Balaban J connectivity index is 3.04. The van der Waals surface area contributed by atoms with E-state index in [0.29, 0.717) is 5.69 Å². The number of benzene rings is 1. The molecular formula is C14H22N2O3S. The highest BCUT2D eigenvalue weighted by atomic mass is 32.2. The minimum atomic E-state index is -3.30. The maximum Gasteiger partial charge on any atom is 0.231 e. The Hall–Kier alpha value is -1.40. The summed E-state index contributed by atoms with van der Waals surface area (Å²) in [4.78, 5) is 12.5. The van der Waals surface area contributed by atoms with Gasteiger partial charge in [0.15, 0.2) is 9.84 Å². The molecule has 0 radical (unpaired) electrons. The molecule has 1 aromatic rings. The van der Waals surface area contributed by atoms with Gasteiger partial charge in [0.25, 0.3) is 0 Å². The first-order valence-electron chi connectivity index (χ1n) is 6.26. The van der Waals surface area contributed by atoms with Crippen LogP contribution in [0.2, 0.25) is 0 Å². The van der Waals surface area contributed by atoms with Gasteiger partial charge in [-0.25, -0.2) is 8.42 Å². The summed E-state index contributed by atoms with van der Waals surface area (Å²) in [6, 6.07) is 6.16. The summed E-state index contributed by atoms with van der Waals surface area (Å²) < 4.78 is 23.0. The van der Waals surface area contributed by atoms with Gasteiger partial charge in [0.2, 0.25) is 5.91 Å². The molecular weight excluding hydrogens is 276 g/mol. The molecule has 0 unspecified atom stereocenters. The molecule has 0 atom stereocenters. The third-order valence-corrected chi connectivity index (χ3v) is 4.81. The molecule has 0 fully saturated rings.